The van der Waals surface area contributed by atoms with Gasteiger partial charge in [0.1, 0.15) is 17.3 Å². The van der Waals surface area contributed by atoms with Crippen molar-refractivity contribution in [3.8, 4) is 11.6 Å². The van der Waals surface area contributed by atoms with Gasteiger partial charge in [0.15, 0.2) is 0 Å². The fourth-order valence-corrected chi connectivity index (χ4v) is 4.22. The van der Waals surface area contributed by atoms with E-state index in [0.717, 1.165) is 57.6 Å². The molecule has 1 aromatic heterocycles. The second kappa shape index (κ2) is 8.86. The quantitative estimate of drug-likeness (QED) is 0.790. The molecule has 2 aromatic rings. The molecule has 0 saturated carbocycles. The van der Waals surface area contributed by atoms with Crippen molar-refractivity contribution in [3.05, 3.63) is 48.2 Å². The fourth-order valence-electron chi connectivity index (χ4n) is 4.22. The summed E-state index contributed by atoms with van der Waals surface area (Å²) in [5, 5.41) is 0. The summed E-state index contributed by atoms with van der Waals surface area (Å²) in [5.74, 6) is 1.10. The summed E-state index contributed by atoms with van der Waals surface area (Å²) in [6.07, 6.45) is 6.80. The topological polar surface area (TPSA) is 58.6 Å². The van der Waals surface area contributed by atoms with Gasteiger partial charge in [0.05, 0.1) is 0 Å². The van der Waals surface area contributed by atoms with E-state index in [-0.39, 0.29) is 17.7 Å². The Morgan fingerprint density at radius 2 is 1.79 bits per heavy atom. The Hall–Kier alpha value is -2.54. The van der Waals surface area contributed by atoms with Crippen LogP contribution in [0.1, 0.15) is 37.3 Å². The number of hydrogen-bond donors (Lipinski definition) is 0. The Bertz CT molecular complexity index is 846. The summed E-state index contributed by atoms with van der Waals surface area (Å²) in [7, 11) is 2.11. The van der Waals surface area contributed by atoms with Crippen molar-refractivity contribution in [1.82, 2.24) is 19.8 Å². The maximum absolute atomic E-state index is 13.5. The Labute approximate surface area is 170 Å². The van der Waals surface area contributed by atoms with Crippen LogP contribution in [0, 0.1) is 11.7 Å². The summed E-state index contributed by atoms with van der Waals surface area (Å²) in [6.45, 7) is 3.44. The number of benzene rings is 1. The van der Waals surface area contributed by atoms with Gasteiger partial charge in [-0.3, -0.25) is 9.78 Å². The molecular formula is C22H27FN4O2. The first-order valence-corrected chi connectivity index (χ1v) is 10.3. The lowest BCUT2D eigenvalue weighted by atomic mass is 9.90. The van der Waals surface area contributed by atoms with Crippen LogP contribution in [-0.4, -0.2) is 58.9 Å². The van der Waals surface area contributed by atoms with Crippen molar-refractivity contribution in [3.63, 3.8) is 0 Å². The molecular weight excluding hydrogens is 371 g/mol. The van der Waals surface area contributed by atoms with Crippen molar-refractivity contribution < 1.29 is 13.9 Å². The molecule has 2 aliphatic rings. The van der Waals surface area contributed by atoms with Crippen LogP contribution in [-0.2, 0) is 4.79 Å². The van der Waals surface area contributed by atoms with Gasteiger partial charge in [-0.25, -0.2) is 9.37 Å². The zero-order valence-corrected chi connectivity index (χ0v) is 16.8. The highest BCUT2D eigenvalue weighted by Gasteiger charge is 2.32. The highest BCUT2D eigenvalue weighted by Crippen LogP contribution is 2.34. The van der Waals surface area contributed by atoms with Crippen molar-refractivity contribution in [2.24, 2.45) is 5.92 Å². The van der Waals surface area contributed by atoms with Crippen LogP contribution >= 0.6 is 0 Å². The van der Waals surface area contributed by atoms with E-state index in [4.69, 9.17) is 4.74 Å². The smallest absolute Gasteiger partial charge is 0.241 e. The van der Waals surface area contributed by atoms with Crippen molar-refractivity contribution in [2.75, 3.05) is 33.2 Å². The normalized spacial score (nSPS) is 19.3. The number of likely N-dealkylation sites (tertiary alicyclic amines) is 2. The molecule has 0 unspecified atom stereocenters. The summed E-state index contributed by atoms with van der Waals surface area (Å²) >= 11 is 0. The van der Waals surface area contributed by atoms with Gasteiger partial charge in [-0.15, -0.1) is 0 Å². The van der Waals surface area contributed by atoms with E-state index in [0.29, 0.717) is 17.5 Å². The third-order valence-corrected chi connectivity index (χ3v) is 5.96. The van der Waals surface area contributed by atoms with Crippen LogP contribution in [0.2, 0.25) is 0 Å². The van der Waals surface area contributed by atoms with E-state index < -0.39 is 0 Å². The van der Waals surface area contributed by atoms with Crippen LogP contribution in [0.3, 0.4) is 0 Å². The highest BCUT2D eigenvalue weighted by atomic mass is 19.1. The molecule has 0 N–H and O–H groups in total. The predicted molar refractivity (Wildman–Crippen MR) is 107 cm³/mol. The Morgan fingerprint density at radius 3 is 2.52 bits per heavy atom. The van der Waals surface area contributed by atoms with E-state index in [2.05, 4.69) is 21.9 Å². The molecule has 29 heavy (non-hydrogen) atoms. The number of rotatable bonds is 4. The number of nitrogens with zero attached hydrogens (tertiary/aromatic N) is 4. The maximum Gasteiger partial charge on any atom is 0.241 e. The zero-order chi connectivity index (χ0) is 20.2. The van der Waals surface area contributed by atoms with Gasteiger partial charge in [-0.2, -0.15) is 0 Å². The van der Waals surface area contributed by atoms with E-state index in [1.54, 1.807) is 24.5 Å². The number of hydrogen-bond acceptors (Lipinski definition) is 5. The number of aromatic nitrogens is 2. The van der Waals surface area contributed by atoms with Gasteiger partial charge in [-0.05, 0) is 58.0 Å². The van der Waals surface area contributed by atoms with Gasteiger partial charge in [0, 0.05) is 43.4 Å². The summed E-state index contributed by atoms with van der Waals surface area (Å²) in [6, 6.07) is 6.01. The Kier molecular flexibility index (Phi) is 6.04. The average molecular weight is 398 g/mol. The molecule has 0 atom stereocenters. The van der Waals surface area contributed by atoms with E-state index >= 15 is 0 Å². The first kappa shape index (κ1) is 19.8. The van der Waals surface area contributed by atoms with Gasteiger partial charge in [-0.1, -0.05) is 6.07 Å². The molecule has 1 aromatic carbocycles. The van der Waals surface area contributed by atoms with Crippen molar-refractivity contribution in [1.29, 1.82) is 0 Å². The number of carbonyl (C=O) groups is 1. The molecule has 7 heteroatoms. The van der Waals surface area contributed by atoms with Crippen molar-refractivity contribution in [2.45, 2.75) is 31.6 Å². The third kappa shape index (κ3) is 4.72. The zero-order valence-electron chi connectivity index (χ0n) is 16.8. The van der Waals surface area contributed by atoms with Crippen LogP contribution in [0.25, 0.3) is 0 Å². The van der Waals surface area contributed by atoms with Crippen LogP contribution in [0.4, 0.5) is 4.39 Å². The Balaban J connectivity index is 1.39. The largest absolute Gasteiger partial charge is 0.437 e. The predicted octanol–water partition coefficient (Wildman–Crippen LogP) is 3.46. The van der Waals surface area contributed by atoms with E-state index in [1.165, 1.54) is 12.1 Å². The number of piperidine rings is 2. The summed E-state index contributed by atoms with van der Waals surface area (Å²) in [4.78, 5) is 26.0. The number of halogens is 1. The lowest BCUT2D eigenvalue weighted by molar-refractivity contribution is -0.138. The molecule has 0 spiro atoms. The number of amides is 1. The first-order chi connectivity index (χ1) is 14.1. The lowest BCUT2D eigenvalue weighted by Gasteiger charge is -2.36. The van der Waals surface area contributed by atoms with Gasteiger partial charge in [0.2, 0.25) is 11.8 Å². The molecule has 1 amide bonds. The molecule has 154 valence electrons. The monoisotopic (exact) mass is 398 g/mol. The molecule has 0 aliphatic carbocycles. The number of carbonyl (C=O) groups excluding carboxylic acids is 1. The van der Waals surface area contributed by atoms with Crippen LogP contribution in [0.15, 0.2) is 36.7 Å². The molecule has 2 aliphatic heterocycles. The maximum atomic E-state index is 13.5. The molecule has 3 heterocycles. The summed E-state index contributed by atoms with van der Waals surface area (Å²) < 4.78 is 19.3. The molecule has 0 bridgehead atoms. The molecule has 0 radical (unpaired) electrons. The van der Waals surface area contributed by atoms with E-state index in [1.807, 2.05) is 4.90 Å². The average Bonchev–Trinajstić information content (AvgIpc) is 2.74. The second-order valence-corrected chi connectivity index (χ2v) is 7.98. The standard InChI is InChI=1S/C22H27FN4O2/c1-26-11-5-17(6-12-26)22(28)27-13-7-16(8-14-27)20-21(25-10-9-24-20)29-19-4-2-3-18(23)15-19/h2-4,9-10,15-17H,5-8,11-14H2,1H3. The highest BCUT2D eigenvalue weighted by molar-refractivity contribution is 5.79. The minimum atomic E-state index is -0.353. The van der Waals surface area contributed by atoms with E-state index in [9.17, 15) is 9.18 Å². The first-order valence-electron chi connectivity index (χ1n) is 10.3. The van der Waals surface area contributed by atoms with Crippen LogP contribution in [0.5, 0.6) is 11.6 Å². The molecule has 2 saturated heterocycles. The van der Waals surface area contributed by atoms with Crippen molar-refractivity contribution >= 4 is 5.91 Å². The SMILES string of the molecule is CN1CCC(C(=O)N2CCC(c3nccnc3Oc3cccc(F)c3)CC2)CC1. The fraction of sp³-hybridized carbons (Fsp3) is 0.500. The minimum absolute atomic E-state index is 0.158. The van der Waals surface area contributed by atoms with Gasteiger partial charge in [0.25, 0.3) is 0 Å². The van der Waals surface area contributed by atoms with Gasteiger partial charge < -0.3 is 14.5 Å². The Morgan fingerprint density at radius 1 is 1.07 bits per heavy atom. The van der Waals surface area contributed by atoms with Gasteiger partial charge >= 0.3 is 0 Å². The molecule has 4 rings (SSSR count). The second-order valence-electron chi connectivity index (χ2n) is 7.98. The molecule has 6 nitrogen and oxygen atoms in total. The minimum Gasteiger partial charge on any atom is -0.437 e. The summed E-state index contributed by atoms with van der Waals surface area (Å²) in [5.41, 5.74) is 0.781. The lowest BCUT2D eigenvalue weighted by Crippen LogP contribution is -2.44. The third-order valence-electron chi connectivity index (χ3n) is 5.96. The number of ether oxygens (including phenoxy) is 1. The van der Waals surface area contributed by atoms with Crippen LogP contribution < -0.4 is 4.74 Å². The molecule has 2 fully saturated rings.